The third-order valence-electron chi connectivity index (χ3n) is 2.81. The van der Waals surface area contributed by atoms with Gasteiger partial charge in [-0.05, 0) is 19.4 Å². The van der Waals surface area contributed by atoms with E-state index < -0.39 is 11.6 Å². The molecule has 15 heavy (non-hydrogen) atoms. The lowest BCUT2D eigenvalue weighted by molar-refractivity contribution is 0.177. The zero-order chi connectivity index (χ0) is 11.1. The first-order chi connectivity index (χ1) is 7.04. The van der Waals surface area contributed by atoms with E-state index in [1.165, 1.54) is 12.1 Å². The molecule has 1 aliphatic heterocycles. The summed E-state index contributed by atoms with van der Waals surface area (Å²) >= 11 is 5.75. The van der Waals surface area contributed by atoms with Crippen LogP contribution in [0.25, 0.3) is 0 Å². The second-order valence-corrected chi connectivity index (χ2v) is 4.53. The summed E-state index contributed by atoms with van der Waals surface area (Å²) in [6, 6.07) is 3.62. The third-order valence-corrected chi connectivity index (χ3v) is 3.40. The van der Waals surface area contributed by atoms with Crippen LogP contribution in [0.2, 0.25) is 0 Å². The minimum atomic E-state index is -0.546. The molecule has 1 aliphatic rings. The van der Waals surface area contributed by atoms with Crippen molar-refractivity contribution in [2.75, 3.05) is 5.88 Å². The molecule has 0 spiro atoms. The Kier molecular flexibility index (Phi) is 2.69. The topological polar surface area (TPSA) is 12.0 Å². The van der Waals surface area contributed by atoms with Crippen LogP contribution < -0.4 is 5.32 Å². The summed E-state index contributed by atoms with van der Waals surface area (Å²) in [5, 5.41) is 3.19. The molecule has 0 bridgehead atoms. The van der Waals surface area contributed by atoms with Crippen LogP contribution in [0.3, 0.4) is 0 Å². The molecule has 4 heteroatoms. The molecule has 1 fully saturated rings. The van der Waals surface area contributed by atoms with E-state index in [2.05, 4.69) is 5.32 Å². The van der Waals surface area contributed by atoms with E-state index in [9.17, 15) is 8.78 Å². The number of halogens is 3. The van der Waals surface area contributed by atoms with Crippen molar-refractivity contribution in [2.45, 2.75) is 24.9 Å². The van der Waals surface area contributed by atoms with Crippen LogP contribution in [0.4, 0.5) is 8.78 Å². The van der Waals surface area contributed by atoms with Gasteiger partial charge in [0.05, 0.1) is 0 Å². The summed E-state index contributed by atoms with van der Waals surface area (Å²) in [5.41, 5.74) is 0.395. The molecule has 1 nitrogen and oxygen atoms in total. The Labute approximate surface area is 92.4 Å². The van der Waals surface area contributed by atoms with Gasteiger partial charge in [0.1, 0.15) is 11.6 Å². The highest BCUT2D eigenvalue weighted by Crippen LogP contribution is 2.37. The molecule has 0 aliphatic carbocycles. The molecule has 0 radical (unpaired) electrons. The molecule has 2 rings (SSSR count). The van der Waals surface area contributed by atoms with Gasteiger partial charge in [0.2, 0.25) is 0 Å². The molecule has 1 N–H and O–H groups in total. The summed E-state index contributed by atoms with van der Waals surface area (Å²) in [4.78, 5) is 0. The number of hydrogen-bond acceptors (Lipinski definition) is 1. The molecule has 2 unspecified atom stereocenters. The summed E-state index contributed by atoms with van der Waals surface area (Å²) < 4.78 is 26.0. The maximum Gasteiger partial charge on any atom is 0.130 e. The van der Waals surface area contributed by atoms with Crippen LogP contribution in [0.1, 0.15) is 24.9 Å². The Morgan fingerprint density at radius 1 is 1.53 bits per heavy atom. The Morgan fingerprint density at radius 3 is 2.73 bits per heavy atom. The van der Waals surface area contributed by atoms with Gasteiger partial charge in [-0.1, -0.05) is 6.07 Å². The average molecular weight is 232 g/mol. The van der Waals surface area contributed by atoms with Gasteiger partial charge >= 0.3 is 0 Å². The Hall–Kier alpha value is -0.670. The van der Waals surface area contributed by atoms with Crippen molar-refractivity contribution in [2.24, 2.45) is 0 Å². The van der Waals surface area contributed by atoms with Gasteiger partial charge in [-0.15, -0.1) is 11.6 Å². The van der Waals surface area contributed by atoms with E-state index in [0.29, 0.717) is 11.4 Å². The summed E-state index contributed by atoms with van der Waals surface area (Å²) in [7, 11) is 0. The van der Waals surface area contributed by atoms with Crippen molar-refractivity contribution in [3.63, 3.8) is 0 Å². The first kappa shape index (κ1) is 10.8. The van der Waals surface area contributed by atoms with Crippen molar-refractivity contribution in [1.29, 1.82) is 0 Å². The lowest BCUT2D eigenvalue weighted by atomic mass is 9.81. The van der Waals surface area contributed by atoms with Gasteiger partial charge in [-0.2, -0.15) is 0 Å². The van der Waals surface area contributed by atoms with Crippen LogP contribution in [-0.2, 0) is 0 Å². The van der Waals surface area contributed by atoms with Crippen LogP contribution >= 0.6 is 11.6 Å². The second kappa shape index (κ2) is 3.72. The zero-order valence-corrected chi connectivity index (χ0v) is 9.11. The smallest absolute Gasteiger partial charge is 0.130 e. The van der Waals surface area contributed by atoms with Crippen molar-refractivity contribution < 1.29 is 8.78 Å². The van der Waals surface area contributed by atoms with Crippen molar-refractivity contribution in [1.82, 2.24) is 5.32 Å². The molecule has 2 atom stereocenters. The predicted molar refractivity (Wildman–Crippen MR) is 56.0 cm³/mol. The monoisotopic (exact) mass is 231 g/mol. The van der Waals surface area contributed by atoms with Crippen LogP contribution in [0.5, 0.6) is 0 Å². The molecule has 1 saturated heterocycles. The summed E-state index contributed by atoms with van der Waals surface area (Å²) in [5.74, 6) is -0.549. The largest absolute Gasteiger partial charge is 0.303 e. The van der Waals surface area contributed by atoms with Gasteiger partial charge in [0.25, 0.3) is 0 Å². The minimum Gasteiger partial charge on any atom is -0.303 e. The highest BCUT2D eigenvalue weighted by molar-refractivity contribution is 6.18. The summed E-state index contributed by atoms with van der Waals surface area (Å²) in [6.45, 7) is 1.98. The Balaban J connectivity index is 2.13. The molecule has 0 saturated carbocycles. The number of rotatable bonds is 2. The van der Waals surface area contributed by atoms with Crippen molar-refractivity contribution in [3.05, 3.63) is 35.4 Å². The number of nitrogens with one attached hydrogen (secondary N) is 1. The molecule has 1 aromatic carbocycles. The maximum absolute atomic E-state index is 13.4. The number of alkyl halides is 1. The molecular weight excluding hydrogens is 220 g/mol. The fraction of sp³-hybridized carbons (Fsp3) is 0.455. The first-order valence-electron chi connectivity index (χ1n) is 4.83. The number of benzene rings is 1. The molecular formula is C11H12ClF2N. The van der Waals surface area contributed by atoms with E-state index >= 15 is 0 Å². The molecule has 1 aromatic rings. The van der Waals surface area contributed by atoms with Crippen molar-refractivity contribution in [3.8, 4) is 0 Å². The van der Waals surface area contributed by atoms with Crippen LogP contribution in [0, 0.1) is 11.6 Å². The maximum atomic E-state index is 13.4. The normalized spacial score (nSPS) is 30.0. The van der Waals surface area contributed by atoms with Gasteiger partial charge in [0, 0.05) is 29.1 Å². The second-order valence-electron chi connectivity index (χ2n) is 4.26. The lowest BCUT2D eigenvalue weighted by Crippen LogP contribution is -2.58. The highest BCUT2D eigenvalue weighted by atomic mass is 35.5. The van der Waals surface area contributed by atoms with Crippen molar-refractivity contribution >= 4 is 11.6 Å². The SMILES string of the molecule is CC1(CCl)CC(c2ccc(F)cc2F)N1. The van der Waals surface area contributed by atoms with Gasteiger partial charge in [-0.25, -0.2) is 8.78 Å². The Bertz CT molecular complexity index is 375. The average Bonchev–Trinajstić information content (AvgIpc) is 2.14. The van der Waals surface area contributed by atoms with E-state index in [-0.39, 0.29) is 11.6 Å². The quantitative estimate of drug-likeness (QED) is 0.772. The van der Waals surface area contributed by atoms with E-state index in [1.54, 1.807) is 0 Å². The number of hydrogen-bond donors (Lipinski definition) is 1. The molecule has 1 heterocycles. The summed E-state index contributed by atoms with van der Waals surface area (Å²) in [6.07, 6.45) is 0.777. The highest BCUT2D eigenvalue weighted by Gasteiger charge is 2.40. The van der Waals surface area contributed by atoms with E-state index in [1.807, 2.05) is 6.92 Å². The minimum absolute atomic E-state index is 0.0469. The van der Waals surface area contributed by atoms with Crippen LogP contribution in [-0.4, -0.2) is 11.4 Å². The van der Waals surface area contributed by atoms with Gasteiger partial charge in [-0.3, -0.25) is 0 Å². The van der Waals surface area contributed by atoms with Gasteiger partial charge in [0.15, 0.2) is 0 Å². The third kappa shape index (κ3) is 1.99. The van der Waals surface area contributed by atoms with Crippen LogP contribution in [0.15, 0.2) is 18.2 Å². The van der Waals surface area contributed by atoms with E-state index in [0.717, 1.165) is 12.5 Å². The zero-order valence-electron chi connectivity index (χ0n) is 8.36. The molecule has 0 aromatic heterocycles. The molecule has 0 amide bonds. The standard InChI is InChI=1S/C11H12ClF2N/c1-11(6-12)5-10(15-11)8-3-2-7(13)4-9(8)14/h2-4,10,15H,5-6H2,1H3. The Morgan fingerprint density at radius 2 is 2.20 bits per heavy atom. The fourth-order valence-electron chi connectivity index (χ4n) is 1.91. The fourth-order valence-corrected chi connectivity index (χ4v) is 2.10. The molecule has 82 valence electrons. The first-order valence-corrected chi connectivity index (χ1v) is 5.36. The van der Waals surface area contributed by atoms with E-state index in [4.69, 9.17) is 11.6 Å². The predicted octanol–water partition coefficient (Wildman–Crippen LogP) is 3.00. The lowest BCUT2D eigenvalue weighted by Gasteiger charge is -2.46. The van der Waals surface area contributed by atoms with Gasteiger partial charge < -0.3 is 5.32 Å².